The fraction of sp³-hybridized carbons (Fsp3) is 0.500. The molecular formula is C20H29BClN3O4. The SMILES string of the molecule is C=C=C(Nc1ccc(Cl)cc1)N1CCC(C(N)(CCCCB(O)O)C(=O)O)CC1. The molecule has 0 aliphatic carbocycles. The van der Waals surface area contributed by atoms with Gasteiger partial charge in [0.2, 0.25) is 0 Å². The number of rotatable bonds is 10. The first-order valence-corrected chi connectivity index (χ1v) is 10.2. The monoisotopic (exact) mass is 421 g/mol. The van der Waals surface area contributed by atoms with E-state index in [0.29, 0.717) is 50.2 Å². The second-order valence-corrected chi connectivity index (χ2v) is 7.93. The van der Waals surface area contributed by atoms with E-state index in [1.165, 1.54) is 0 Å². The molecule has 1 aliphatic rings. The van der Waals surface area contributed by atoms with Crippen LogP contribution in [0.5, 0.6) is 0 Å². The maximum atomic E-state index is 11.9. The summed E-state index contributed by atoms with van der Waals surface area (Å²) in [4.78, 5) is 14.0. The Labute approximate surface area is 177 Å². The van der Waals surface area contributed by atoms with E-state index in [1.54, 1.807) is 12.1 Å². The van der Waals surface area contributed by atoms with Crippen LogP contribution < -0.4 is 11.1 Å². The summed E-state index contributed by atoms with van der Waals surface area (Å²) in [7, 11) is -1.37. The molecular weight excluding hydrogens is 393 g/mol. The minimum atomic E-state index is -1.37. The van der Waals surface area contributed by atoms with Gasteiger partial charge in [0, 0.05) is 23.8 Å². The maximum absolute atomic E-state index is 11.9. The van der Waals surface area contributed by atoms with Gasteiger partial charge in [-0.15, -0.1) is 0 Å². The van der Waals surface area contributed by atoms with Crippen LogP contribution in [0.1, 0.15) is 32.1 Å². The first kappa shape index (κ1) is 23.3. The lowest BCUT2D eigenvalue weighted by Crippen LogP contribution is -2.57. The van der Waals surface area contributed by atoms with Crippen molar-refractivity contribution in [2.24, 2.45) is 11.7 Å². The average molecular weight is 422 g/mol. The third-order valence-electron chi connectivity index (χ3n) is 5.52. The van der Waals surface area contributed by atoms with E-state index in [1.807, 2.05) is 12.1 Å². The number of carbonyl (C=O) groups is 1. The van der Waals surface area contributed by atoms with Gasteiger partial charge in [0.25, 0.3) is 0 Å². The van der Waals surface area contributed by atoms with Crippen LogP contribution in [-0.4, -0.2) is 51.8 Å². The molecule has 0 bridgehead atoms. The topological polar surface area (TPSA) is 119 Å². The van der Waals surface area contributed by atoms with Crippen molar-refractivity contribution in [1.82, 2.24) is 4.90 Å². The highest BCUT2D eigenvalue weighted by molar-refractivity contribution is 6.40. The average Bonchev–Trinajstić information content (AvgIpc) is 2.70. The summed E-state index contributed by atoms with van der Waals surface area (Å²) >= 11 is 5.92. The Bertz CT molecular complexity index is 732. The van der Waals surface area contributed by atoms with Crippen LogP contribution in [0.2, 0.25) is 11.3 Å². The molecule has 0 amide bonds. The van der Waals surface area contributed by atoms with Crippen LogP contribution in [0.4, 0.5) is 5.69 Å². The van der Waals surface area contributed by atoms with Gasteiger partial charge in [0.1, 0.15) is 5.54 Å². The predicted molar refractivity (Wildman–Crippen MR) is 115 cm³/mol. The van der Waals surface area contributed by atoms with Gasteiger partial charge >= 0.3 is 13.1 Å². The summed E-state index contributed by atoms with van der Waals surface area (Å²) in [5.74, 6) is -0.420. The Morgan fingerprint density at radius 3 is 2.45 bits per heavy atom. The van der Waals surface area contributed by atoms with E-state index in [9.17, 15) is 9.90 Å². The Kier molecular flexibility index (Phi) is 8.62. The number of nitrogens with two attached hydrogens (primary N) is 1. The summed E-state index contributed by atoms with van der Waals surface area (Å²) in [6, 6.07) is 7.32. The van der Waals surface area contributed by atoms with Gasteiger partial charge in [0.15, 0.2) is 5.82 Å². The third-order valence-corrected chi connectivity index (χ3v) is 5.77. The molecule has 1 unspecified atom stereocenters. The molecule has 158 valence electrons. The van der Waals surface area contributed by atoms with Gasteiger partial charge in [-0.1, -0.05) is 36.8 Å². The number of nitrogens with zero attached hydrogens (tertiary/aromatic N) is 1. The molecule has 1 aromatic rings. The lowest BCUT2D eigenvalue weighted by molar-refractivity contribution is -0.146. The molecule has 7 nitrogen and oxygen atoms in total. The van der Waals surface area contributed by atoms with Crippen molar-refractivity contribution in [3.63, 3.8) is 0 Å². The second-order valence-electron chi connectivity index (χ2n) is 7.49. The van der Waals surface area contributed by atoms with Gasteiger partial charge in [-0.05, 0) is 55.8 Å². The number of piperidine rings is 1. The second kappa shape index (κ2) is 10.7. The molecule has 0 spiro atoms. The number of hydrogen-bond donors (Lipinski definition) is 5. The molecule has 1 atom stereocenters. The summed E-state index contributed by atoms with van der Waals surface area (Å²) in [6.45, 7) is 5.05. The Morgan fingerprint density at radius 1 is 1.31 bits per heavy atom. The Balaban J connectivity index is 1.94. The van der Waals surface area contributed by atoms with Crippen molar-refractivity contribution in [2.75, 3.05) is 18.4 Å². The number of carboxylic acids is 1. The van der Waals surface area contributed by atoms with Crippen LogP contribution in [0.3, 0.4) is 0 Å². The zero-order valence-corrected chi connectivity index (χ0v) is 17.2. The number of carboxylic acid groups (broad SMARTS) is 1. The van der Waals surface area contributed by atoms with Gasteiger partial charge in [-0.2, -0.15) is 0 Å². The molecule has 2 rings (SSSR count). The predicted octanol–water partition coefficient (Wildman–Crippen LogP) is 2.52. The van der Waals surface area contributed by atoms with Crippen molar-refractivity contribution in [3.05, 3.63) is 47.4 Å². The van der Waals surface area contributed by atoms with Crippen LogP contribution in [0.15, 0.2) is 42.4 Å². The molecule has 1 fully saturated rings. The highest BCUT2D eigenvalue weighted by Gasteiger charge is 2.43. The van der Waals surface area contributed by atoms with Crippen LogP contribution >= 0.6 is 11.6 Å². The molecule has 0 saturated carbocycles. The fourth-order valence-electron chi connectivity index (χ4n) is 3.75. The fourth-order valence-corrected chi connectivity index (χ4v) is 3.88. The van der Waals surface area contributed by atoms with E-state index in [2.05, 4.69) is 22.5 Å². The van der Waals surface area contributed by atoms with Gasteiger partial charge in [0.05, 0.1) is 0 Å². The van der Waals surface area contributed by atoms with Crippen molar-refractivity contribution in [1.29, 1.82) is 0 Å². The number of aliphatic carboxylic acids is 1. The first-order chi connectivity index (χ1) is 13.8. The molecule has 0 aromatic heterocycles. The molecule has 1 aliphatic heterocycles. The number of likely N-dealkylation sites (tertiary alicyclic amines) is 1. The van der Waals surface area contributed by atoms with Crippen LogP contribution in [0, 0.1) is 5.92 Å². The van der Waals surface area contributed by atoms with E-state index >= 15 is 0 Å². The standard InChI is InChI=1S/C20H29BClN3O4/c1-2-18(24-17-7-5-16(22)6-8-17)25-13-9-15(10-14-25)20(23,19(26)27)11-3-4-12-21(28)29/h5-8,15,24,28-29H,1,3-4,9-14,23H2,(H,26,27). The van der Waals surface area contributed by atoms with Crippen LogP contribution in [0.25, 0.3) is 0 Å². The third kappa shape index (κ3) is 6.52. The van der Waals surface area contributed by atoms with Crippen molar-refractivity contribution in [3.8, 4) is 0 Å². The summed E-state index contributed by atoms with van der Waals surface area (Å²) in [5.41, 5.74) is 8.79. The Hall–Kier alpha value is -1.96. The highest BCUT2D eigenvalue weighted by atomic mass is 35.5. The zero-order valence-electron chi connectivity index (χ0n) is 16.5. The molecule has 1 heterocycles. The molecule has 0 radical (unpaired) electrons. The number of nitrogens with one attached hydrogen (secondary N) is 1. The minimum Gasteiger partial charge on any atom is -0.480 e. The largest absolute Gasteiger partial charge is 0.480 e. The number of hydrogen-bond acceptors (Lipinski definition) is 6. The minimum absolute atomic E-state index is 0.156. The Morgan fingerprint density at radius 2 is 1.93 bits per heavy atom. The first-order valence-electron chi connectivity index (χ1n) is 9.82. The molecule has 9 heteroatoms. The zero-order chi connectivity index (χ0) is 21.4. The number of anilines is 1. The molecule has 29 heavy (non-hydrogen) atoms. The number of unbranched alkanes of at least 4 members (excludes halogenated alkanes) is 1. The van der Waals surface area contributed by atoms with Crippen molar-refractivity contribution >= 4 is 30.4 Å². The molecule has 1 aromatic carbocycles. The quantitative estimate of drug-likeness (QED) is 0.224. The van der Waals surface area contributed by atoms with E-state index < -0.39 is 18.6 Å². The summed E-state index contributed by atoms with van der Waals surface area (Å²) < 4.78 is 0. The lowest BCUT2D eigenvalue weighted by Gasteiger charge is -2.41. The van der Waals surface area contributed by atoms with Crippen molar-refractivity contribution < 1.29 is 19.9 Å². The van der Waals surface area contributed by atoms with Gasteiger partial charge < -0.3 is 31.1 Å². The number of benzene rings is 1. The molecule has 6 N–H and O–H groups in total. The van der Waals surface area contributed by atoms with Gasteiger partial charge in [-0.3, -0.25) is 4.79 Å². The van der Waals surface area contributed by atoms with Crippen LogP contribution in [-0.2, 0) is 4.79 Å². The lowest BCUT2D eigenvalue weighted by atomic mass is 9.74. The number of halogens is 1. The van der Waals surface area contributed by atoms with E-state index in [-0.39, 0.29) is 12.2 Å². The summed E-state index contributed by atoms with van der Waals surface area (Å²) in [6.07, 6.45) is 2.87. The summed E-state index contributed by atoms with van der Waals surface area (Å²) in [5, 5.41) is 31.5. The van der Waals surface area contributed by atoms with E-state index in [4.69, 9.17) is 27.4 Å². The molecule has 1 saturated heterocycles. The van der Waals surface area contributed by atoms with E-state index in [0.717, 1.165) is 11.5 Å². The maximum Gasteiger partial charge on any atom is 0.451 e. The normalized spacial score (nSPS) is 16.6. The highest BCUT2D eigenvalue weighted by Crippen LogP contribution is 2.32. The van der Waals surface area contributed by atoms with Gasteiger partial charge in [-0.25, -0.2) is 0 Å². The van der Waals surface area contributed by atoms with Crippen molar-refractivity contribution in [2.45, 2.75) is 44.0 Å². The smallest absolute Gasteiger partial charge is 0.451 e.